The second kappa shape index (κ2) is 7.71. The van der Waals surface area contributed by atoms with E-state index in [1.807, 2.05) is 12.1 Å². The zero-order chi connectivity index (χ0) is 12.9. The number of halogens is 1. The third-order valence-corrected chi connectivity index (χ3v) is 3.61. The molecule has 0 radical (unpaired) electrons. The van der Waals surface area contributed by atoms with E-state index >= 15 is 0 Å². The molecule has 2 aliphatic rings. The van der Waals surface area contributed by atoms with E-state index in [0.717, 1.165) is 17.9 Å². The molecular formula is C14H21BrN4O. The molecule has 6 heteroatoms. The van der Waals surface area contributed by atoms with Crippen molar-refractivity contribution in [1.29, 1.82) is 0 Å². The third-order valence-electron chi connectivity index (χ3n) is 3.61. The van der Waals surface area contributed by atoms with Crippen LogP contribution in [0.5, 0.6) is 0 Å². The largest absolute Gasteiger partial charge is 0.301 e. The highest BCUT2D eigenvalue weighted by Gasteiger charge is 2.20. The van der Waals surface area contributed by atoms with Crippen LogP contribution >= 0.6 is 17.0 Å². The van der Waals surface area contributed by atoms with Gasteiger partial charge in [0.1, 0.15) is 0 Å². The van der Waals surface area contributed by atoms with Crippen molar-refractivity contribution < 1.29 is 4.84 Å². The minimum Gasteiger partial charge on any atom is -0.301 e. The van der Waals surface area contributed by atoms with Crippen LogP contribution in [-0.4, -0.2) is 48.0 Å². The summed E-state index contributed by atoms with van der Waals surface area (Å²) in [4.78, 5) is 16.8. The van der Waals surface area contributed by atoms with Gasteiger partial charge >= 0.3 is 0 Å². The van der Waals surface area contributed by atoms with Gasteiger partial charge in [0.05, 0.1) is 12.6 Å². The van der Waals surface area contributed by atoms with E-state index in [1.165, 1.54) is 32.4 Å². The molecule has 1 fully saturated rings. The average Bonchev–Trinajstić information content (AvgIpc) is 2.49. The molecule has 20 heavy (non-hydrogen) atoms. The van der Waals surface area contributed by atoms with Crippen LogP contribution in [0.3, 0.4) is 0 Å². The van der Waals surface area contributed by atoms with Crippen molar-refractivity contribution in [2.24, 2.45) is 4.99 Å². The lowest BCUT2D eigenvalue weighted by molar-refractivity contribution is 0.0513. The lowest BCUT2D eigenvalue weighted by Gasteiger charge is -2.30. The smallest absolute Gasteiger partial charge is 0.154 e. The summed E-state index contributed by atoms with van der Waals surface area (Å²) in [6.45, 7) is 4.02. The van der Waals surface area contributed by atoms with Gasteiger partial charge in [-0.15, -0.1) is 17.0 Å². The first-order valence-electron chi connectivity index (χ1n) is 7.00. The van der Waals surface area contributed by atoms with Crippen LogP contribution in [0.15, 0.2) is 29.5 Å². The summed E-state index contributed by atoms with van der Waals surface area (Å²) in [6.07, 6.45) is 7.55. The van der Waals surface area contributed by atoms with Crippen LogP contribution in [0.4, 0.5) is 0 Å². The molecule has 110 valence electrons. The Morgan fingerprint density at radius 1 is 1.30 bits per heavy atom. The number of aliphatic imine (C=N–C) groups is 1. The molecule has 0 spiro atoms. The molecule has 1 aromatic rings. The monoisotopic (exact) mass is 340 g/mol. The first-order chi connectivity index (χ1) is 9.42. The topological polar surface area (TPSA) is 49.8 Å². The number of rotatable bonds is 3. The molecule has 1 aromatic heterocycles. The van der Waals surface area contributed by atoms with Gasteiger partial charge in [0.2, 0.25) is 0 Å². The molecule has 1 saturated heterocycles. The maximum atomic E-state index is 5.46. The highest BCUT2D eigenvalue weighted by Crippen LogP contribution is 2.12. The molecule has 0 amide bonds. The number of pyridine rings is 1. The predicted molar refractivity (Wildman–Crippen MR) is 84.3 cm³/mol. The van der Waals surface area contributed by atoms with Gasteiger partial charge in [-0.25, -0.2) is 5.48 Å². The second-order valence-corrected chi connectivity index (χ2v) is 5.15. The average molecular weight is 341 g/mol. The van der Waals surface area contributed by atoms with E-state index in [9.17, 15) is 0 Å². The SMILES string of the molecule is Br.c1cncc(C2=NC(CN3CCCCC3)CON2)c1. The Morgan fingerprint density at radius 2 is 2.15 bits per heavy atom. The first-order valence-corrected chi connectivity index (χ1v) is 7.00. The Bertz CT molecular complexity index is 434. The molecule has 0 bridgehead atoms. The van der Waals surface area contributed by atoms with Crippen molar-refractivity contribution in [2.45, 2.75) is 25.3 Å². The van der Waals surface area contributed by atoms with E-state index in [2.05, 4.69) is 15.4 Å². The van der Waals surface area contributed by atoms with Gasteiger partial charge in [0, 0.05) is 24.5 Å². The summed E-state index contributed by atoms with van der Waals surface area (Å²) in [5, 5.41) is 0. The summed E-state index contributed by atoms with van der Waals surface area (Å²) in [5.74, 6) is 0.793. The van der Waals surface area contributed by atoms with E-state index in [0.29, 0.717) is 6.61 Å². The number of piperidine rings is 1. The number of hydrogen-bond donors (Lipinski definition) is 1. The second-order valence-electron chi connectivity index (χ2n) is 5.15. The molecule has 1 atom stereocenters. The number of likely N-dealkylation sites (tertiary alicyclic amines) is 1. The molecule has 0 aliphatic carbocycles. The van der Waals surface area contributed by atoms with Gasteiger partial charge in [-0.2, -0.15) is 0 Å². The standard InChI is InChI=1S/C14H20N4O.BrH/c1-2-7-18(8-3-1)10-13-11-19-17-14(16-13)12-5-4-6-15-9-12;/h4-6,9,13H,1-3,7-8,10-11H2,(H,16,17);1H. The van der Waals surface area contributed by atoms with Gasteiger partial charge in [-0.05, 0) is 38.1 Å². The fourth-order valence-electron chi connectivity index (χ4n) is 2.62. The van der Waals surface area contributed by atoms with E-state index in [-0.39, 0.29) is 23.0 Å². The van der Waals surface area contributed by atoms with Crippen molar-refractivity contribution >= 4 is 22.8 Å². The fraction of sp³-hybridized carbons (Fsp3) is 0.571. The summed E-state index contributed by atoms with van der Waals surface area (Å²) in [7, 11) is 0. The van der Waals surface area contributed by atoms with Crippen LogP contribution in [0.25, 0.3) is 0 Å². The van der Waals surface area contributed by atoms with Crippen LogP contribution in [-0.2, 0) is 4.84 Å². The van der Waals surface area contributed by atoms with Crippen molar-refractivity contribution in [3.05, 3.63) is 30.1 Å². The molecule has 0 saturated carbocycles. The minimum atomic E-state index is 0. The Labute approximate surface area is 130 Å². The Morgan fingerprint density at radius 3 is 2.90 bits per heavy atom. The van der Waals surface area contributed by atoms with Gasteiger partial charge in [-0.3, -0.25) is 14.8 Å². The molecule has 2 aliphatic heterocycles. The van der Waals surface area contributed by atoms with Gasteiger partial charge < -0.3 is 4.90 Å². The van der Waals surface area contributed by atoms with Crippen molar-refractivity contribution in [1.82, 2.24) is 15.4 Å². The van der Waals surface area contributed by atoms with Gasteiger partial charge in [0.15, 0.2) is 5.84 Å². The Balaban J connectivity index is 0.00000147. The molecule has 1 unspecified atom stereocenters. The molecule has 5 nitrogen and oxygen atoms in total. The summed E-state index contributed by atoms with van der Waals surface area (Å²) in [5.41, 5.74) is 3.87. The van der Waals surface area contributed by atoms with E-state index in [1.54, 1.807) is 12.4 Å². The zero-order valence-electron chi connectivity index (χ0n) is 11.5. The number of amidine groups is 1. The highest BCUT2D eigenvalue weighted by molar-refractivity contribution is 8.93. The number of hydroxylamine groups is 1. The number of aromatic nitrogens is 1. The predicted octanol–water partition coefficient (Wildman–Crippen LogP) is 1.80. The van der Waals surface area contributed by atoms with Crippen LogP contribution in [0.2, 0.25) is 0 Å². The number of nitrogens with zero attached hydrogens (tertiary/aromatic N) is 3. The summed E-state index contributed by atoms with van der Waals surface area (Å²) in [6, 6.07) is 4.12. The van der Waals surface area contributed by atoms with Crippen LogP contribution in [0.1, 0.15) is 24.8 Å². The molecule has 0 aromatic carbocycles. The Kier molecular flexibility index (Phi) is 5.94. The van der Waals surface area contributed by atoms with E-state index in [4.69, 9.17) is 9.83 Å². The fourth-order valence-corrected chi connectivity index (χ4v) is 2.62. The number of hydrogen-bond acceptors (Lipinski definition) is 5. The quantitative estimate of drug-likeness (QED) is 0.911. The maximum absolute atomic E-state index is 5.46. The van der Waals surface area contributed by atoms with Gasteiger partial charge in [-0.1, -0.05) is 6.42 Å². The minimum absolute atomic E-state index is 0. The molecule has 3 heterocycles. The highest BCUT2D eigenvalue weighted by atomic mass is 79.9. The molecular weight excluding hydrogens is 320 g/mol. The van der Waals surface area contributed by atoms with Gasteiger partial charge in [0.25, 0.3) is 0 Å². The summed E-state index contributed by atoms with van der Waals surface area (Å²) < 4.78 is 0. The summed E-state index contributed by atoms with van der Waals surface area (Å²) >= 11 is 0. The van der Waals surface area contributed by atoms with Crippen LogP contribution < -0.4 is 5.48 Å². The maximum Gasteiger partial charge on any atom is 0.154 e. The van der Waals surface area contributed by atoms with Crippen molar-refractivity contribution in [2.75, 3.05) is 26.2 Å². The lowest BCUT2D eigenvalue weighted by Crippen LogP contribution is -2.43. The first kappa shape index (κ1) is 15.4. The van der Waals surface area contributed by atoms with E-state index < -0.39 is 0 Å². The zero-order valence-corrected chi connectivity index (χ0v) is 13.2. The normalized spacial score (nSPS) is 23.4. The number of nitrogens with one attached hydrogen (secondary N) is 1. The third kappa shape index (κ3) is 4.01. The molecule has 3 rings (SSSR count). The Hall–Kier alpha value is -0.980. The van der Waals surface area contributed by atoms with Crippen LogP contribution in [0, 0.1) is 0 Å². The lowest BCUT2D eigenvalue weighted by atomic mass is 10.1. The molecule has 1 N–H and O–H groups in total. The van der Waals surface area contributed by atoms with Crippen molar-refractivity contribution in [3.8, 4) is 0 Å². The van der Waals surface area contributed by atoms with Crippen molar-refractivity contribution in [3.63, 3.8) is 0 Å².